The number of hydrogen-bond acceptors (Lipinski definition) is 2. The molecule has 1 fully saturated rings. The normalized spacial score (nSPS) is 14.7. The van der Waals surface area contributed by atoms with Crippen molar-refractivity contribution in [1.29, 1.82) is 0 Å². The Kier molecular flexibility index (Phi) is 5.29. The average Bonchev–Trinajstić information content (AvgIpc) is 3.17. The molecule has 1 amide bonds. The zero-order chi connectivity index (χ0) is 21.2. The summed E-state index contributed by atoms with van der Waals surface area (Å²) in [6.45, 7) is 0.172. The van der Waals surface area contributed by atoms with Gasteiger partial charge in [-0.05, 0) is 41.8 Å². The summed E-state index contributed by atoms with van der Waals surface area (Å²) < 4.78 is 1.90. The summed E-state index contributed by atoms with van der Waals surface area (Å²) in [4.78, 5) is 26.0. The number of carbonyl (C=O) groups excluding carboxylic acids is 2. The van der Waals surface area contributed by atoms with Gasteiger partial charge in [-0.3, -0.25) is 9.59 Å². The molecule has 4 nitrogen and oxygen atoms in total. The van der Waals surface area contributed by atoms with Gasteiger partial charge >= 0.3 is 0 Å². The van der Waals surface area contributed by atoms with E-state index in [2.05, 4.69) is 11.4 Å². The minimum Gasteiger partial charge on any atom is -0.337 e. The van der Waals surface area contributed by atoms with E-state index < -0.39 is 0 Å². The Morgan fingerprint density at radius 2 is 1.61 bits per heavy atom. The number of benzene rings is 3. The summed E-state index contributed by atoms with van der Waals surface area (Å²) >= 11 is 0. The second-order valence-electron chi connectivity index (χ2n) is 8.50. The van der Waals surface area contributed by atoms with Crippen LogP contribution >= 0.6 is 0 Å². The van der Waals surface area contributed by atoms with Gasteiger partial charge in [0.1, 0.15) is 6.54 Å². The van der Waals surface area contributed by atoms with Crippen molar-refractivity contribution >= 4 is 39.1 Å². The van der Waals surface area contributed by atoms with E-state index in [0.717, 1.165) is 58.6 Å². The first-order valence-corrected chi connectivity index (χ1v) is 11.1. The third-order valence-corrected chi connectivity index (χ3v) is 6.38. The van der Waals surface area contributed by atoms with Gasteiger partial charge in [0.25, 0.3) is 0 Å². The number of nitrogens with zero attached hydrogens (tertiary/aromatic N) is 1. The monoisotopic (exact) mass is 410 g/mol. The molecule has 1 saturated carbocycles. The van der Waals surface area contributed by atoms with Crippen molar-refractivity contribution in [2.24, 2.45) is 5.92 Å². The number of aromatic nitrogens is 1. The topological polar surface area (TPSA) is 51.1 Å². The van der Waals surface area contributed by atoms with Gasteiger partial charge in [0.15, 0.2) is 5.78 Å². The molecule has 3 aromatic carbocycles. The van der Waals surface area contributed by atoms with E-state index in [-0.39, 0.29) is 24.2 Å². The molecule has 0 aliphatic heterocycles. The molecule has 1 aliphatic rings. The quantitative estimate of drug-likeness (QED) is 0.399. The molecular formula is C27H26N2O2. The maximum atomic E-state index is 13.2. The molecule has 1 aliphatic carbocycles. The first kappa shape index (κ1) is 19.6. The Morgan fingerprint density at radius 3 is 2.45 bits per heavy atom. The molecule has 0 bridgehead atoms. The van der Waals surface area contributed by atoms with Crippen molar-refractivity contribution in [2.45, 2.75) is 38.6 Å². The molecule has 1 aromatic heterocycles. The summed E-state index contributed by atoms with van der Waals surface area (Å²) in [6.07, 6.45) is 7.30. The lowest BCUT2D eigenvalue weighted by molar-refractivity contribution is -0.116. The Morgan fingerprint density at radius 1 is 0.871 bits per heavy atom. The number of carbonyl (C=O) groups is 2. The third kappa shape index (κ3) is 3.98. The van der Waals surface area contributed by atoms with Crippen LogP contribution in [0.2, 0.25) is 0 Å². The summed E-state index contributed by atoms with van der Waals surface area (Å²) in [5, 5.41) is 6.18. The fourth-order valence-corrected chi connectivity index (χ4v) is 4.78. The molecule has 1 heterocycles. The lowest BCUT2D eigenvalue weighted by Gasteiger charge is -2.19. The third-order valence-electron chi connectivity index (χ3n) is 6.38. The van der Waals surface area contributed by atoms with Gasteiger partial charge in [-0.15, -0.1) is 0 Å². The van der Waals surface area contributed by atoms with E-state index >= 15 is 0 Å². The van der Waals surface area contributed by atoms with Gasteiger partial charge in [-0.2, -0.15) is 0 Å². The minimum atomic E-state index is -0.104. The molecular weight excluding hydrogens is 384 g/mol. The van der Waals surface area contributed by atoms with Crippen molar-refractivity contribution in [3.63, 3.8) is 0 Å². The molecule has 4 heteroatoms. The second-order valence-corrected chi connectivity index (χ2v) is 8.50. The van der Waals surface area contributed by atoms with Crippen molar-refractivity contribution in [3.8, 4) is 0 Å². The van der Waals surface area contributed by atoms with Crippen LogP contribution in [0.15, 0.2) is 72.9 Å². The van der Waals surface area contributed by atoms with Gasteiger partial charge in [0.05, 0.1) is 0 Å². The molecule has 5 rings (SSSR count). The summed E-state index contributed by atoms with van der Waals surface area (Å²) in [6, 6.07) is 21.9. The van der Waals surface area contributed by atoms with Crippen molar-refractivity contribution in [3.05, 3.63) is 78.5 Å². The average molecular weight is 411 g/mol. The van der Waals surface area contributed by atoms with Crippen LogP contribution in [0.25, 0.3) is 21.7 Å². The summed E-state index contributed by atoms with van der Waals surface area (Å²) in [5.41, 5.74) is 2.45. The summed E-state index contributed by atoms with van der Waals surface area (Å²) in [7, 11) is 0. The van der Waals surface area contributed by atoms with Crippen LogP contribution in [-0.2, 0) is 11.3 Å². The number of fused-ring (bicyclic) bond motifs is 2. The van der Waals surface area contributed by atoms with E-state index in [9.17, 15) is 9.59 Å². The molecule has 0 spiro atoms. The zero-order valence-corrected chi connectivity index (χ0v) is 17.5. The number of anilines is 1. The van der Waals surface area contributed by atoms with Gasteiger partial charge < -0.3 is 9.88 Å². The standard InChI is InChI=1S/C27H26N2O2/c30-26(28-22-15-14-19-8-4-5-11-21(19)16-22)18-29-17-24(23-12-6-7-13-25(23)29)27(31)20-9-2-1-3-10-20/h4-8,11-17,20H,1-3,9-10,18H2,(H,28,30). The van der Waals surface area contributed by atoms with Gasteiger partial charge in [0.2, 0.25) is 5.91 Å². The highest BCUT2D eigenvalue weighted by Crippen LogP contribution is 2.30. The first-order chi connectivity index (χ1) is 15.2. The van der Waals surface area contributed by atoms with Crippen molar-refractivity contribution in [2.75, 3.05) is 5.32 Å². The maximum Gasteiger partial charge on any atom is 0.244 e. The molecule has 0 atom stereocenters. The predicted octanol–water partition coefficient (Wildman–Crippen LogP) is 6.20. The van der Waals surface area contributed by atoms with E-state index in [4.69, 9.17) is 0 Å². The molecule has 4 aromatic rings. The zero-order valence-electron chi connectivity index (χ0n) is 17.5. The number of para-hydroxylation sites is 1. The van der Waals surface area contributed by atoms with Crippen molar-refractivity contribution < 1.29 is 9.59 Å². The van der Waals surface area contributed by atoms with Crippen LogP contribution in [0.3, 0.4) is 0 Å². The van der Waals surface area contributed by atoms with Crippen LogP contribution in [0.1, 0.15) is 42.5 Å². The van der Waals surface area contributed by atoms with E-state index in [1.54, 1.807) is 0 Å². The van der Waals surface area contributed by atoms with Crippen LogP contribution in [0, 0.1) is 5.92 Å². The van der Waals surface area contributed by atoms with E-state index in [1.165, 1.54) is 6.42 Å². The molecule has 0 saturated heterocycles. The highest BCUT2D eigenvalue weighted by molar-refractivity contribution is 6.09. The summed E-state index contributed by atoms with van der Waals surface area (Å²) in [5.74, 6) is 0.233. The number of nitrogens with one attached hydrogen (secondary N) is 1. The fraction of sp³-hybridized carbons (Fsp3) is 0.259. The van der Waals surface area contributed by atoms with Gasteiger partial charge in [0, 0.05) is 34.3 Å². The highest BCUT2D eigenvalue weighted by Gasteiger charge is 2.25. The minimum absolute atomic E-state index is 0.104. The Labute approximate surface area is 181 Å². The molecule has 31 heavy (non-hydrogen) atoms. The number of ketones is 1. The van der Waals surface area contributed by atoms with Crippen molar-refractivity contribution in [1.82, 2.24) is 4.57 Å². The lowest BCUT2D eigenvalue weighted by Crippen LogP contribution is -2.19. The number of Topliss-reactive ketones (excluding diaryl/α,β-unsaturated/α-hetero) is 1. The highest BCUT2D eigenvalue weighted by atomic mass is 16.2. The van der Waals surface area contributed by atoms with Gasteiger partial charge in [-0.1, -0.05) is 67.8 Å². The van der Waals surface area contributed by atoms with E-state index in [0.29, 0.717) is 0 Å². The lowest BCUT2D eigenvalue weighted by atomic mass is 9.84. The van der Waals surface area contributed by atoms with Crippen LogP contribution in [0.5, 0.6) is 0 Å². The van der Waals surface area contributed by atoms with Crippen LogP contribution in [-0.4, -0.2) is 16.3 Å². The molecule has 0 unspecified atom stereocenters. The second kappa shape index (κ2) is 8.38. The first-order valence-electron chi connectivity index (χ1n) is 11.1. The molecule has 0 radical (unpaired) electrons. The van der Waals surface area contributed by atoms with Crippen LogP contribution < -0.4 is 5.32 Å². The predicted molar refractivity (Wildman–Crippen MR) is 125 cm³/mol. The Bertz CT molecular complexity index is 1260. The smallest absolute Gasteiger partial charge is 0.244 e. The Balaban J connectivity index is 1.39. The maximum absolute atomic E-state index is 13.2. The fourth-order valence-electron chi connectivity index (χ4n) is 4.78. The largest absolute Gasteiger partial charge is 0.337 e. The SMILES string of the molecule is O=C(Cn1cc(C(=O)C2CCCCC2)c2ccccc21)Nc1ccc2ccccc2c1. The number of hydrogen-bond donors (Lipinski definition) is 1. The van der Waals surface area contributed by atoms with Crippen LogP contribution in [0.4, 0.5) is 5.69 Å². The number of rotatable bonds is 5. The number of amides is 1. The Hall–Kier alpha value is -3.40. The molecule has 1 N–H and O–H groups in total. The van der Waals surface area contributed by atoms with E-state index in [1.807, 2.05) is 71.4 Å². The molecule has 156 valence electrons. The van der Waals surface area contributed by atoms with Gasteiger partial charge in [-0.25, -0.2) is 0 Å².